The number of carbonyl (C=O) groups is 1. The molecule has 50 valence electrons. The highest BCUT2D eigenvalue weighted by Crippen LogP contribution is 2.09. The fourth-order valence-electron chi connectivity index (χ4n) is 0.668. The molecule has 1 rings (SSSR count). The normalized spacial score (nSPS) is 23.4. The molecule has 0 unspecified atom stereocenters. The number of methoxy groups -OCH3 is 1. The summed E-state index contributed by atoms with van der Waals surface area (Å²) in [5, 5.41) is 0. The molecule has 3 nitrogen and oxygen atoms in total. The highest BCUT2D eigenvalue weighted by molar-refractivity contribution is 5.75. The van der Waals surface area contributed by atoms with Gasteiger partial charge in [-0.1, -0.05) is 0 Å². The number of ether oxygens (including phenoxy) is 2. The molecule has 1 heterocycles. The van der Waals surface area contributed by atoms with E-state index in [1.54, 1.807) is 6.08 Å². The van der Waals surface area contributed by atoms with Gasteiger partial charge in [-0.25, -0.2) is 4.79 Å². The summed E-state index contributed by atoms with van der Waals surface area (Å²) in [5.41, 5.74) is 0. The molecule has 3 heteroatoms. The molecule has 9 heavy (non-hydrogen) atoms. The van der Waals surface area contributed by atoms with Gasteiger partial charge in [0.25, 0.3) is 0 Å². The van der Waals surface area contributed by atoms with Crippen molar-refractivity contribution in [3.05, 3.63) is 12.3 Å². The Balaban J connectivity index is 2.36. The number of carbonyl (C=O) groups excluding carboxylic acids is 1. The average Bonchev–Trinajstić information content (AvgIpc) is 2.37. The van der Waals surface area contributed by atoms with E-state index in [1.165, 1.54) is 13.4 Å². The van der Waals surface area contributed by atoms with Gasteiger partial charge < -0.3 is 9.47 Å². The van der Waals surface area contributed by atoms with Gasteiger partial charge in [-0.3, -0.25) is 0 Å². The first-order valence-electron chi connectivity index (χ1n) is 2.73. The Labute approximate surface area is 53.3 Å². The van der Waals surface area contributed by atoms with Crippen LogP contribution in [-0.4, -0.2) is 19.2 Å². The molecule has 0 aromatic heterocycles. The van der Waals surface area contributed by atoms with Crippen molar-refractivity contribution in [1.82, 2.24) is 0 Å². The zero-order chi connectivity index (χ0) is 6.69. The van der Waals surface area contributed by atoms with E-state index in [1.807, 2.05) is 0 Å². The van der Waals surface area contributed by atoms with Crippen molar-refractivity contribution in [2.45, 2.75) is 12.5 Å². The summed E-state index contributed by atoms with van der Waals surface area (Å²) in [6, 6.07) is 0. The van der Waals surface area contributed by atoms with E-state index in [4.69, 9.17) is 4.74 Å². The van der Waals surface area contributed by atoms with E-state index in [0.29, 0.717) is 6.42 Å². The third-order valence-corrected chi connectivity index (χ3v) is 1.15. The average molecular weight is 128 g/mol. The van der Waals surface area contributed by atoms with E-state index in [9.17, 15) is 4.79 Å². The van der Waals surface area contributed by atoms with Crippen molar-refractivity contribution in [2.24, 2.45) is 0 Å². The molecule has 0 aromatic rings. The fourth-order valence-corrected chi connectivity index (χ4v) is 0.668. The maximum Gasteiger partial charge on any atom is 0.347 e. The van der Waals surface area contributed by atoms with Crippen molar-refractivity contribution >= 4 is 5.97 Å². The van der Waals surface area contributed by atoms with E-state index < -0.39 is 6.10 Å². The predicted molar refractivity (Wildman–Crippen MR) is 30.6 cm³/mol. The molecule has 0 N–H and O–H groups in total. The van der Waals surface area contributed by atoms with Crippen molar-refractivity contribution in [1.29, 1.82) is 0 Å². The quantitative estimate of drug-likeness (QED) is 0.481. The second-order valence-electron chi connectivity index (χ2n) is 1.76. The van der Waals surface area contributed by atoms with Crippen LogP contribution in [0.3, 0.4) is 0 Å². The van der Waals surface area contributed by atoms with Crippen LogP contribution < -0.4 is 0 Å². The minimum absolute atomic E-state index is 0.306. The Morgan fingerprint density at radius 3 is 3.11 bits per heavy atom. The maximum atomic E-state index is 10.6. The van der Waals surface area contributed by atoms with Crippen LogP contribution in [-0.2, 0) is 14.3 Å². The Morgan fingerprint density at radius 1 is 1.89 bits per heavy atom. The largest absolute Gasteiger partial charge is 0.486 e. The fraction of sp³-hybridized carbons (Fsp3) is 0.500. The van der Waals surface area contributed by atoms with Crippen molar-refractivity contribution in [3.63, 3.8) is 0 Å². The number of esters is 1. The van der Waals surface area contributed by atoms with Gasteiger partial charge in [0.15, 0.2) is 6.10 Å². The smallest absolute Gasteiger partial charge is 0.347 e. The number of hydrogen-bond acceptors (Lipinski definition) is 3. The van der Waals surface area contributed by atoms with Crippen LogP contribution in [0.4, 0.5) is 0 Å². The SMILES string of the molecule is COC(=O)[C@@H]1CC=CO1. The van der Waals surface area contributed by atoms with E-state index in [2.05, 4.69) is 4.74 Å². The minimum atomic E-state index is -0.394. The predicted octanol–water partition coefficient (Wildman–Crippen LogP) is 0.462. The molecule has 0 aliphatic carbocycles. The van der Waals surface area contributed by atoms with Crippen molar-refractivity contribution in [2.75, 3.05) is 7.11 Å². The molecule has 0 saturated heterocycles. The molecule has 0 bridgehead atoms. The summed E-state index contributed by atoms with van der Waals surface area (Å²) in [6.45, 7) is 0. The number of rotatable bonds is 1. The third kappa shape index (κ3) is 1.22. The standard InChI is InChI=1S/C6H8O3/c1-8-6(7)5-3-2-4-9-5/h2,4-5H,3H2,1H3/t5-/m0/s1. The van der Waals surface area contributed by atoms with Gasteiger partial charge in [0.2, 0.25) is 0 Å². The Morgan fingerprint density at radius 2 is 2.67 bits per heavy atom. The topological polar surface area (TPSA) is 35.5 Å². The lowest BCUT2D eigenvalue weighted by molar-refractivity contribution is -0.149. The maximum absolute atomic E-state index is 10.6. The van der Waals surface area contributed by atoms with E-state index >= 15 is 0 Å². The van der Waals surface area contributed by atoms with Crippen molar-refractivity contribution in [3.8, 4) is 0 Å². The summed E-state index contributed by atoms with van der Waals surface area (Å²) in [5.74, 6) is -0.306. The summed E-state index contributed by atoms with van der Waals surface area (Å²) >= 11 is 0. The van der Waals surface area contributed by atoms with Crippen molar-refractivity contribution < 1.29 is 14.3 Å². The number of hydrogen-bond donors (Lipinski definition) is 0. The Hall–Kier alpha value is -0.990. The van der Waals surface area contributed by atoms with Gasteiger partial charge in [-0.05, 0) is 6.08 Å². The minimum Gasteiger partial charge on any atom is -0.486 e. The molecule has 1 aliphatic heterocycles. The van der Waals surface area contributed by atoms with E-state index in [0.717, 1.165) is 0 Å². The highest BCUT2D eigenvalue weighted by atomic mass is 16.6. The molecule has 0 fully saturated rings. The lowest BCUT2D eigenvalue weighted by atomic mass is 10.3. The first kappa shape index (κ1) is 6.13. The molecule has 0 spiro atoms. The lowest BCUT2D eigenvalue weighted by Gasteiger charge is -2.05. The van der Waals surface area contributed by atoms with Gasteiger partial charge in [0.1, 0.15) is 0 Å². The molecule has 0 amide bonds. The molecular weight excluding hydrogens is 120 g/mol. The van der Waals surface area contributed by atoms with Gasteiger partial charge in [0, 0.05) is 6.42 Å². The zero-order valence-corrected chi connectivity index (χ0v) is 5.16. The van der Waals surface area contributed by atoms with Crippen LogP contribution in [0.1, 0.15) is 6.42 Å². The monoisotopic (exact) mass is 128 g/mol. The van der Waals surface area contributed by atoms with Crippen LogP contribution in [0.25, 0.3) is 0 Å². The molecule has 0 saturated carbocycles. The van der Waals surface area contributed by atoms with E-state index in [-0.39, 0.29) is 5.97 Å². The highest BCUT2D eigenvalue weighted by Gasteiger charge is 2.20. The second kappa shape index (κ2) is 2.53. The van der Waals surface area contributed by atoms with Crippen LogP contribution in [0.2, 0.25) is 0 Å². The molecular formula is C6H8O3. The molecule has 1 aliphatic rings. The zero-order valence-electron chi connectivity index (χ0n) is 5.16. The van der Waals surface area contributed by atoms with Crippen LogP contribution in [0.5, 0.6) is 0 Å². The van der Waals surface area contributed by atoms with Gasteiger partial charge >= 0.3 is 5.97 Å². The molecule has 1 atom stereocenters. The molecule has 0 aromatic carbocycles. The lowest BCUT2D eigenvalue weighted by Crippen LogP contribution is -2.20. The van der Waals surface area contributed by atoms with Crippen LogP contribution in [0, 0.1) is 0 Å². The Kier molecular flexibility index (Phi) is 1.72. The third-order valence-electron chi connectivity index (χ3n) is 1.15. The molecule has 0 radical (unpaired) electrons. The van der Waals surface area contributed by atoms with Gasteiger partial charge in [0.05, 0.1) is 13.4 Å². The summed E-state index contributed by atoms with van der Waals surface area (Å²) < 4.78 is 9.28. The van der Waals surface area contributed by atoms with Crippen LogP contribution in [0.15, 0.2) is 12.3 Å². The summed E-state index contributed by atoms with van der Waals surface area (Å²) in [6.07, 6.45) is 3.55. The summed E-state index contributed by atoms with van der Waals surface area (Å²) in [4.78, 5) is 10.6. The Bertz CT molecular complexity index is 131. The van der Waals surface area contributed by atoms with Gasteiger partial charge in [-0.15, -0.1) is 0 Å². The first-order valence-corrected chi connectivity index (χ1v) is 2.73. The summed E-state index contributed by atoms with van der Waals surface area (Å²) in [7, 11) is 1.35. The van der Waals surface area contributed by atoms with Gasteiger partial charge in [-0.2, -0.15) is 0 Å². The van der Waals surface area contributed by atoms with Crippen LogP contribution >= 0.6 is 0 Å². The first-order chi connectivity index (χ1) is 4.34. The second-order valence-corrected chi connectivity index (χ2v) is 1.76.